The van der Waals surface area contributed by atoms with Gasteiger partial charge in [0.15, 0.2) is 0 Å². The van der Waals surface area contributed by atoms with Gasteiger partial charge in [-0.2, -0.15) is 0 Å². The fraction of sp³-hybridized carbons (Fsp3) is 0.200. The molecule has 0 aliphatic carbocycles. The van der Waals surface area contributed by atoms with E-state index >= 15 is 0 Å². The van der Waals surface area contributed by atoms with Crippen LogP contribution in [0.1, 0.15) is 18.5 Å². The molecule has 2 nitrogen and oxygen atoms in total. The second kappa shape index (κ2) is 6.18. The Hall–Kier alpha value is -1.38. The maximum absolute atomic E-state index is 5.98. The van der Waals surface area contributed by atoms with Gasteiger partial charge in [0.2, 0.25) is 0 Å². The Balaban J connectivity index is 2.17. The first kappa shape index (κ1) is 14.0. The van der Waals surface area contributed by atoms with Crippen molar-refractivity contribution in [2.24, 2.45) is 0 Å². The van der Waals surface area contributed by atoms with Crippen LogP contribution in [-0.4, -0.2) is 7.11 Å². The summed E-state index contributed by atoms with van der Waals surface area (Å²) in [6.07, 6.45) is 0. The standard InChI is InChI=1S/C15H15Cl2NO/c1-10(11-4-3-5-15(6-11)19-2)18-14-8-12(16)7-13(17)9-14/h3-10,18H,1-2H3. The molecule has 0 amide bonds. The van der Waals surface area contributed by atoms with Crippen LogP contribution in [0.15, 0.2) is 42.5 Å². The van der Waals surface area contributed by atoms with Crippen LogP contribution in [0.25, 0.3) is 0 Å². The number of ether oxygens (including phenoxy) is 1. The highest BCUT2D eigenvalue weighted by Crippen LogP contribution is 2.27. The normalized spacial score (nSPS) is 12.0. The number of benzene rings is 2. The molecule has 0 heterocycles. The summed E-state index contributed by atoms with van der Waals surface area (Å²) < 4.78 is 5.22. The fourth-order valence-corrected chi connectivity index (χ4v) is 2.41. The van der Waals surface area contributed by atoms with Gasteiger partial charge < -0.3 is 10.1 Å². The van der Waals surface area contributed by atoms with Gasteiger partial charge in [-0.25, -0.2) is 0 Å². The quantitative estimate of drug-likeness (QED) is 0.839. The van der Waals surface area contributed by atoms with Crippen molar-refractivity contribution in [3.63, 3.8) is 0 Å². The van der Waals surface area contributed by atoms with Crippen molar-refractivity contribution in [3.05, 3.63) is 58.1 Å². The van der Waals surface area contributed by atoms with Crippen LogP contribution >= 0.6 is 23.2 Å². The Morgan fingerprint density at radius 1 is 1.05 bits per heavy atom. The van der Waals surface area contributed by atoms with Gasteiger partial charge in [-0.15, -0.1) is 0 Å². The van der Waals surface area contributed by atoms with Crippen LogP contribution in [0.3, 0.4) is 0 Å². The Labute approximate surface area is 123 Å². The maximum atomic E-state index is 5.98. The van der Waals surface area contributed by atoms with E-state index in [1.807, 2.05) is 36.4 Å². The van der Waals surface area contributed by atoms with E-state index in [4.69, 9.17) is 27.9 Å². The van der Waals surface area contributed by atoms with Crippen molar-refractivity contribution < 1.29 is 4.74 Å². The Bertz CT molecular complexity index is 552. The Kier molecular flexibility index (Phi) is 4.56. The summed E-state index contributed by atoms with van der Waals surface area (Å²) in [6, 6.07) is 13.5. The average Bonchev–Trinajstić information content (AvgIpc) is 2.37. The number of nitrogens with one attached hydrogen (secondary N) is 1. The summed E-state index contributed by atoms with van der Waals surface area (Å²) >= 11 is 12.0. The van der Waals surface area contributed by atoms with E-state index in [1.165, 1.54) is 0 Å². The van der Waals surface area contributed by atoms with Crippen molar-refractivity contribution in [1.29, 1.82) is 0 Å². The second-order valence-electron chi connectivity index (χ2n) is 4.30. The lowest BCUT2D eigenvalue weighted by Gasteiger charge is -2.17. The summed E-state index contributed by atoms with van der Waals surface area (Å²) in [5, 5.41) is 4.60. The molecule has 100 valence electrons. The molecule has 1 unspecified atom stereocenters. The predicted molar refractivity (Wildman–Crippen MR) is 81.5 cm³/mol. The minimum absolute atomic E-state index is 0.129. The van der Waals surface area contributed by atoms with E-state index in [9.17, 15) is 0 Å². The zero-order chi connectivity index (χ0) is 13.8. The Morgan fingerprint density at radius 3 is 2.37 bits per heavy atom. The van der Waals surface area contributed by atoms with Gasteiger partial charge in [0, 0.05) is 21.8 Å². The van der Waals surface area contributed by atoms with E-state index in [0.717, 1.165) is 17.0 Å². The van der Waals surface area contributed by atoms with E-state index in [1.54, 1.807) is 13.2 Å². The highest BCUT2D eigenvalue weighted by molar-refractivity contribution is 6.35. The number of hydrogen-bond donors (Lipinski definition) is 1. The molecule has 19 heavy (non-hydrogen) atoms. The molecule has 0 bridgehead atoms. The topological polar surface area (TPSA) is 21.3 Å². The van der Waals surface area contributed by atoms with Gasteiger partial charge in [-0.1, -0.05) is 35.3 Å². The van der Waals surface area contributed by atoms with Crippen LogP contribution in [0.4, 0.5) is 5.69 Å². The third-order valence-corrected chi connectivity index (χ3v) is 3.28. The van der Waals surface area contributed by atoms with Crippen LogP contribution in [0.5, 0.6) is 5.75 Å². The molecule has 0 aliphatic rings. The zero-order valence-corrected chi connectivity index (χ0v) is 12.3. The number of methoxy groups -OCH3 is 1. The minimum Gasteiger partial charge on any atom is -0.497 e. The number of rotatable bonds is 4. The number of halogens is 2. The number of hydrogen-bond acceptors (Lipinski definition) is 2. The third-order valence-electron chi connectivity index (χ3n) is 2.84. The van der Waals surface area contributed by atoms with Crippen molar-refractivity contribution in [3.8, 4) is 5.75 Å². The molecule has 0 spiro atoms. The van der Waals surface area contributed by atoms with Crippen LogP contribution in [0.2, 0.25) is 10.0 Å². The minimum atomic E-state index is 0.129. The average molecular weight is 296 g/mol. The summed E-state index contributed by atoms with van der Waals surface area (Å²) in [5.74, 6) is 0.843. The molecule has 2 aromatic rings. The molecule has 1 N–H and O–H groups in total. The maximum Gasteiger partial charge on any atom is 0.119 e. The van der Waals surface area contributed by atoms with Crippen molar-refractivity contribution in [2.45, 2.75) is 13.0 Å². The molecule has 4 heteroatoms. The largest absolute Gasteiger partial charge is 0.497 e. The Morgan fingerprint density at radius 2 is 1.74 bits per heavy atom. The van der Waals surface area contributed by atoms with Crippen LogP contribution in [0, 0.1) is 0 Å². The molecule has 0 aliphatic heterocycles. The van der Waals surface area contributed by atoms with Gasteiger partial charge in [-0.05, 0) is 42.8 Å². The summed E-state index contributed by atoms with van der Waals surface area (Å²) in [7, 11) is 1.66. The fourth-order valence-electron chi connectivity index (χ4n) is 1.88. The lowest BCUT2D eigenvalue weighted by molar-refractivity contribution is 0.414. The molecular weight excluding hydrogens is 281 g/mol. The first-order chi connectivity index (χ1) is 9.08. The van der Waals surface area contributed by atoms with Gasteiger partial charge in [0.05, 0.1) is 7.11 Å². The SMILES string of the molecule is COc1cccc(C(C)Nc2cc(Cl)cc(Cl)c2)c1. The second-order valence-corrected chi connectivity index (χ2v) is 5.17. The molecule has 0 fully saturated rings. The van der Waals surface area contributed by atoms with Gasteiger partial charge >= 0.3 is 0 Å². The van der Waals surface area contributed by atoms with Crippen molar-refractivity contribution in [1.82, 2.24) is 0 Å². The van der Waals surface area contributed by atoms with Gasteiger partial charge in [-0.3, -0.25) is 0 Å². The van der Waals surface area contributed by atoms with Crippen molar-refractivity contribution >= 4 is 28.9 Å². The molecular formula is C15H15Cl2NO. The monoisotopic (exact) mass is 295 g/mol. The van der Waals surface area contributed by atoms with Gasteiger partial charge in [0.25, 0.3) is 0 Å². The smallest absolute Gasteiger partial charge is 0.119 e. The summed E-state index contributed by atoms with van der Waals surface area (Å²) in [4.78, 5) is 0. The lowest BCUT2D eigenvalue weighted by atomic mass is 10.1. The molecule has 0 radical (unpaired) electrons. The highest BCUT2D eigenvalue weighted by Gasteiger charge is 2.07. The molecule has 0 aromatic heterocycles. The number of anilines is 1. The summed E-state index contributed by atoms with van der Waals surface area (Å²) in [5.41, 5.74) is 2.03. The molecule has 1 atom stereocenters. The predicted octanol–water partition coefficient (Wildman–Crippen LogP) is 5.18. The first-order valence-corrected chi connectivity index (χ1v) is 6.70. The molecule has 2 aromatic carbocycles. The van der Waals surface area contributed by atoms with E-state index in [2.05, 4.69) is 12.2 Å². The van der Waals surface area contributed by atoms with E-state index < -0.39 is 0 Å². The van der Waals surface area contributed by atoms with E-state index in [-0.39, 0.29) is 6.04 Å². The molecule has 0 saturated heterocycles. The highest BCUT2D eigenvalue weighted by atomic mass is 35.5. The molecule has 2 rings (SSSR count). The lowest BCUT2D eigenvalue weighted by Crippen LogP contribution is -2.06. The van der Waals surface area contributed by atoms with Crippen molar-refractivity contribution in [2.75, 3.05) is 12.4 Å². The first-order valence-electron chi connectivity index (χ1n) is 5.95. The molecule has 0 saturated carbocycles. The van der Waals surface area contributed by atoms with Gasteiger partial charge in [0.1, 0.15) is 5.75 Å². The zero-order valence-electron chi connectivity index (χ0n) is 10.8. The van der Waals surface area contributed by atoms with Crippen LogP contribution < -0.4 is 10.1 Å². The summed E-state index contributed by atoms with van der Waals surface area (Å²) in [6.45, 7) is 2.07. The third kappa shape index (κ3) is 3.79. The van der Waals surface area contributed by atoms with E-state index in [0.29, 0.717) is 10.0 Å². The van der Waals surface area contributed by atoms with Crippen LogP contribution in [-0.2, 0) is 0 Å².